The Kier molecular flexibility index (Phi) is 23.4. The van der Waals surface area contributed by atoms with Crippen LogP contribution in [0.25, 0.3) is 0 Å². The molecule has 0 radical (unpaired) electrons. The van der Waals surface area contributed by atoms with Crippen LogP contribution in [0.5, 0.6) is 0 Å². The second kappa shape index (κ2) is 23.5. The van der Waals surface area contributed by atoms with E-state index in [9.17, 15) is 4.57 Å². The van der Waals surface area contributed by atoms with Crippen molar-refractivity contribution in [3.05, 3.63) is 0 Å². The van der Waals surface area contributed by atoms with Crippen molar-refractivity contribution in [1.29, 1.82) is 0 Å². The van der Waals surface area contributed by atoms with Crippen molar-refractivity contribution in [2.24, 2.45) is 0 Å². The highest BCUT2D eigenvalue weighted by Gasteiger charge is 2.08. The van der Waals surface area contributed by atoms with E-state index < -0.39 is 7.60 Å². The summed E-state index contributed by atoms with van der Waals surface area (Å²) in [6.45, 7) is 8.51. The molecule has 0 aromatic rings. The lowest BCUT2D eigenvalue weighted by atomic mass is 10.6. The molecule has 0 aromatic heterocycles. The van der Waals surface area contributed by atoms with Crippen LogP contribution in [0.4, 0.5) is 0 Å². The third-order valence-electron chi connectivity index (χ3n) is 3.22. The van der Waals surface area contributed by atoms with E-state index in [4.69, 9.17) is 42.8 Å². The molecule has 11 nitrogen and oxygen atoms in total. The predicted molar refractivity (Wildman–Crippen MR) is 109 cm³/mol. The third-order valence-corrected chi connectivity index (χ3v) is 3.88. The van der Waals surface area contributed by atoms with Crippen molar-refractivity contribution in [1.82, 2.24) is 0 Å². The standard InChI is InChI=1S/C18H39O11P/c1-21-3-4-22-5-6-23-7-8-24-9-10-25-11-12-26-13-14-27-15-16-28-17-18-29-30(2,19)20/h3-18H2,1-2H3,(H,19,20). The monoisotopic (exact) mass is 462 g/mol. The summed E-state index contributed by atoms with van der Waals surface area (Å²) in [5.74, 6) is 0. The van der Waals surface area contributed by atoms with E-state index in [1.165, 1.54) is 0 Å². The number of rotatable bonds is 25. The topological polar surface area (TPSA) is 120 Å². The van der Waals surface area contributed by atoms with Gasteiger partial charge in [-0.2, -0.15) is 0 Å². The van der Waals surface area contributed by atoms with Crippen molar-refractivity contribution in [3.63, 3.8) is 0 Å². The molecule has 1 N–H and O–H groups in total. The van der Waals surface area contributed by atoms with E-state index >= 15 is 0 Å². The van der Waals surface area contributed by atoms with Crippen LogP contribution in [0, 0.1) is 0 Å². The van der Waals surface area contributed by atoms with E-state index in [2.05, 4.69) is 4.52 Å². The summed E-state index contributed by atoms with van der Waals surface area (Å²) in [5, 5.41) is 0. The van der Waals surface area contributed by atoms with Crippen molar-refractivity contribution >= 4 is 7.60 Å². The first-order chi connectivity index (χ1) is 14.6. The maximum atomic E-state index is 10.9. The highest BCUT2D eigenvalue weighted by atomic mass is 31.2. The maximum Gasteiger partial charge on any atom is 0.325 e. The summed E-state index contributed by atoms with van der Waals surface area (Å²) < 4.78 is 57.7. The Bertz CT molecular complexity index is 381. The first-order valence-corrected chi connectivity index (χ1v) is 12.1. The van der Waals surface area contributed by atoms with Crippen LogP contribution < -0.4 is 0 Å². The van der Waals surface area contributed by atoms with Gasteiger partial charge in [0.15, 0.2) is 0 Å². The fourth-order valence-corrected chi connectivity index (χ4v) is 2.24. The zero-order valence-electron chi connectivity index (χ0n) is 18.3. The van der Waals surface area contributed by atoms with Gasteiger partial charge in [-0.1, -0.05) is 0 Å². The zero-order chi connectivity index (χ0) is 22.2. The average molecular weight is 462 g/mol. The van der Waals surface area contributed by atoms with Crippen LogP contribution in [0.2, 0.25) is 0 Å². The van der Waals surface area contributed by atoms with E-state index in [-0.39, 0.29) is 13.2 Å². The molecule has 0 fully saturated rings. The Labute approximate surface area is 179 Å². The molecule has 0 heterocycles. The zero-order valence-corrected chi connectivity index (χ0v) is 19.2. The molecule has 0 amide bonds. The van der Waals surface area contributed by atoms with Gasteiger partial charge < -0.3 is 47.3 Å². The lowest BCUT2D eigenvalue weighted by molar-refractivity contribution is -0.0227. The molecule has 0 rings (SSSR count). The van der Waals surface area contributed by atoms with E-state index in [1.807, 2.05) is 0 Å². The van der Waals surface area contributed by atoms with Crippen LogP contribution in [0.1, 0.15) is 0 Å². The summed E-state index contributed by atoms with van der Waals surface area (Å²) in [5.41, 5.74) is 0. The summed E-state index contributed by atoms with van der Waals surface area (Å²) in [6, 6.07) is 0. The molecule has 0 aliphatic carbocycles. The highest BCUT2D eigenvalue weighted by Crippen LogP contribution is 2.35. The molecule has 0 aromatic carbocycles. The number of hydrogen-bond donors (Lipinski definition) is 1. The second-order valence-corrected chi connectivity index (χ2v) is 7.78. The van der Waals surface area contributed by atoms with Gasteiger partial charge in [0.2, 0.25) is 0 Å². The Morgan fingerprint density at radius 2 is 0.733 bits per heavy atom. The van der Waals surface area contributed by atoms with Gasteiger partial charge in [-0.15, -0.1) is 0 Å². The molecule has 0 saturated carbocycles. The van der Waals surface area contributed by atoms with E-state index in [0.29, 0.717) is 92.5 Å². The number of methoxy groups -OCH3 is 1. The van der Waals surface area contributed by atoms with E-state index in [0.717, 1.165) is 6.66 Å². The van der Waals surface area contributed by atoms with Crippen molar-refractivity contribution < 1.29 is 51.9 Å². The third kappa shape index (κ3) is 27.8. The van der Waals surface area contributed by atoms with Crippen LogP contribution in [0.15, 0.2) is 0 Å². The molecular formula is C18H39O11P. The predicted octanol–water partition coefficient (Wildman–Crippen LogP) is 0.581. The van der Waals surface area contributed by atoms with Gasteiger partial charge in [0, 0.05) is 13.8 Å². The van der Waals surface area contributed by atoms with Gasteiger partial charge in [-0.05, 0) is 0 Å². The van der Waals surface area contributed by atoms with Gasteiger partial charge in [0.25, 0.3) is 0 Å². The fraction of sp³-hybridized carbons (Fsp3) is 1.00. The molecule has 1 unspecified atom stereocenters. The molecule has 1 atom stereocenters. The Morgan fingerprint density at radius 1 is 0.500 bits per heavy atom. The summed E-state index contributed by atoms with van der Waals surface area (Å²) in [4.78, 5) is 8.91. The molecule has 0 spiro atoms. The van der Waals surface area contributed by atoms with Gasteiger partial charge >= 0.3 is 7.60 Å². The lowest BCUT2D eigenvalue weighted by Gasteiger charge is -2.09. The largest absolute Gasteiger partial charge is 0.382 e. The summed E-state index contributed by atoms with van der Waals surface area (Å²) in [7, 11) is -1.78. The van der Waals surface area contributed by atoms with Crippen molar-refractivity contribution in [2.75, 3.05) is 119 Å². The summed E-state index contributed by atoms with van der Waals surface area (Å²) >= 11 is 0. The SMILES string of the molecule is COCCOCCOCCOCCOCCOCCOCCOCCOP(C)(=O)O. The van der Waals surface area contributed by atoms with Gasteiger partial charge in [0.1, 0.15) is 0 Å². The molecule has 0 aliphatic heterocycles. The normalized spacial score (nSPS) is 13.6. The fourth-order valence-electron chi connectivity index (χ4n) is 1.83. The molecule has 182 valence electrons. The van der Waals surface area contributed by atoms with Crippen LogP contribution in [0.3, 0.4) is 0 Å². The molecule has 12 heteroatoms. The minimum Gasteiger partial charge on any atom is -0.382 e. The van der Waals surface area contributed by atoms with Crippen LogP contribution in [-0.2, 0) is 47.0 Å². The van der Waals surface area contributed by atoms with Gasteiger partial charge in [0.05, 0.1) is 106 Å². The average Bonchev–Trinajstić information content (AvgIpc) is 2.70. The maximum absolute atomic E-state index is 10.9. The highest BCUT2D eigenvalue weighted by molar-refractivity contribution is 7.51. The quantitative estimate of drug-likeness (QED) is 0.151. The van der Waals surface area contributed by atoms with Crippen LogP contribution >= 0.6 is 7.60 Å². The summed E-state index contributed by atoms with van der Waals surface area (Å²) in [6.07, 6.45) is 0. The Hall–Kier alpha value is -0.170. The lowest BCUT2D eigenvalue weighted by Crippen LogP contribution is -2.15. The first-order valence-electron chi connectivity index (χ1n) is 10.0. The molecule has 0 saturated heterocycles. The van der Waals surface area contributed by atoms with Crippen LogP contribution in [-0.4, -0.2) is 124 Å². The van der Waals surface area contributed by atoms with Crippen molar-refractivity contribution in [2.45, 2.75) is 0 Å². The molecular weight excluding hydrogens is 423 g/mol. The van der Waals surface area contributed by atoms with Gasteiger partial charge in [-0.3, -0.25) is 4.57 Å². The number of hydrogen-bond acceptors (Lipinski definition) is 10. The van der Waals surface area contributed by atoms with Crippen molar-refractivity contribution in [3.8, 4) is 0 Å². The smallest absolute Gasteiger partial charge is 0.325 e. The minimum atomic E-state index is -3.42. The first kappa shape index (κ1) is 29.8. The van der Waals surface area contributed by atoms with E-state index in [1.54, 1.807) is 7.11 Å². The second-order valence-electron chi connectivity index (χ2n) is 5.92. The molecule has 0 aliphatic rings. The minimum absolute atomic E-state index is 0.0807. The Morgan fingerprint density at radius 3 is 0.967 bits per heavy atom. The molecule has 30 heavy (non-hydrogen) atoms. The molecule has 0 bridgehead atoms. The number of ether oxygens (including phenoxy) is 8. The van der Waals surface area contributed by atoms with Gasteiger partial charge in [-0.25, -0.2) is 0 Å². The Balaban J connectivity index is 3.03.